The minimum absolute atomic E-state index is 0.134. The number of aromatic amines is 1. The second kappa shape index (κ2) is 7.86. The number of hydrogen-bond donors (Lipinski definition) is 3. The van der Waals surface area contributed by atoms with Crippen molar-refractivity contribution < 1.29 is 13.2 Å². The van der Waals surface area contributed by atoms with Crippen LogP contribution in [0, 0.1) is 0 Å². The van der Waals surface area contributed by atoms with Gasteiger partial charge in [0.1, 0.15) is 5.69 Å². The number of rotatable bonds is 7. The van der Waals surface area contributed by atoms with Crippen LogP contribution in [0.2, 0.25) is 0 Å². The lowest BCUT2D eigenvalue weighted by Gasteiger charge is -2.09. The topological polar surface area (TPSA) is 134 Å². The Labute approximate surface area is 173 Å². The predicted octanol–water partition coefficient (Wildman–Crippen LogP) is 1.71. The first kappa shape index (κ1) is 20.0. The van der Waals surface area contributed by atoms with Crippen LogP contribution in [0.4, 0.5) is 5.69 Å². The third-order valence-electron chi connectivity index (χ3n) is 4.83. The van der Waals surface area contributed by atoms with Crippen molar-refractivity contribution >= 4 is 32.7 Å². The third kappa shape index (κ3) is 4.33. The Morgan fingerprint density at radius 3 is 2.77 bits per heavy atom. The van der Waals surface area contributed by atoms with Crippen molar-refractivity contribution in [3.8, 4) is 0 Å². The third-order valence-corrected chi connectivity index (χ3v) is 6.70. The molecule has 1 aliphatic carbocycles. The molecular formula is C20H21N5O4S. The molecule has 1 fully saturated rings. The average Bonchev–Trinajstić information content (AvgIpc) is 3.57. The summed E-state index contributed by atoms with van der Waals surface area (Å²) < 4.78 is 26.7. The Hall–Kier alpha value is -3.27. The largest absolute Gasteiger partial charge is 0.346 e. The summed E-state index contributed by atoms with van der Waals surface area (Å²) in [5.74, 6) is -0.325. The summed E-state index contributed by atoms with van der Waals surface area (Å²) in [5.41, 5.74) is 2.62. The van der Waals surface area contributed by atoms with E-state index in [2.05, 4.69) is 25.0 Å². The zero-order valence-corrected chi connectivity index (χ0v) is 17.1. The van der Waals surface area contributed by atoms with Crippen LogP contribution in [0.3, 0.4) is 0 Å². The van der Waals surface area contributed by atoms with Crippen LogP contribution >= 0.6 is 0 Å². The van der Waals surface area contributed by atoms with Crippen LogP contribution in [0.5, 0.6) is 0 Å². The van der Waals surface area contributed by atoms with Gasteiger partial charge in [0, 0.05) is 11.8 Å². The summed E-state index contributed by atoms with van der Waals surface area (Å²) in [5, 5.41) is 2.45. The number of H-pyrrole nitrogens is 1. The summed E-state index contributed by atoms with van der Waals surface area (Å²) in [6.45, 7) is 1.97. The van der Waals surface area contributed by atoms with Gasteiger partial charge in [-0.25, -0.2) is 13.4 Å². The number of carbonyl (C=O) groups excluding carboxylic acids is 1. The van der Waals surface area contributed by atoms with Crippen LogP contribution in [0.15, 0.2) is 41.3 Å². The van der Waals surface area contributed by atoms with Crippen LogP contribution in [-0.4, -0.2) is 34.5 Å². The maximum Gasteiger partial charge on any atom is 0.270 e. The van der Waals surface area contributed by atoms with E-state index in [9.17, 15) is 18.0 Å². The SMILES string of the molecule is CCc1nc2cc(C(=O)NCc3cc(NS(=O)(=O)C4CC4)ccn3)ccc2[nH]c1=O. The van der Waals surface area contributed by atoms with Gasteiger partial charge >= 0.3 is 0 Å². The van der Waals surface area contributed by atoms with Crippen LogP contribution in [0.25, 0.3) is 11.0 Å². The van der Waals surface area contributed by atoms with E-state index in [-0.39, 0.29) is 23.3 Å². The number of amides is 1. The maximum atomic E-state index is 12.5. The van der Waals surface area contributed by atoms with Crippen molar-refractivity contribution in [2.45, 2.75) is 38.0 Å². The van der Waals surface area contributed by atoms with Gasteiger partial charge in [-0.15, -0.1) is 0 Å². The predicted molar refractivity (Wildman–Crippen MR) is 113 cm³/mol. The summed E-state index contributed by atoms with van der Waals surface area (Å²) in [7, 11) is -3.36. The lowest BCUT2D eigenvalue weighted by atomic mass is 10.1. The highest BCUT2D eigenvalue weighted by Gasteiger charge is 2.35. The molecule has 2 heterocycles. The molecule has 1 saturated carbocycles. The van der Waals surface area contributed by atoms with Gasteiger partial charge in [-0.2, -0.15) is 0 Å². The first-order valence-electron chi connectivity index (χ1n) is 9.63. The summed E-state index contributed by atoms with van der Waals surface area (Å²) in [4.78, 5) is 35.6. The van der Waals surface area contributed by atoms with Gasteiger partial charge in [0.25, 0.3) is 11.5 Å². The molecule has 2 aromatic heterocycles. The van der Waals surface area contributed by atoms with E-state index >= 15 is 0 Å². The smallest absolute Gasteiger partial charge is 0.270 e. The number of aromatic nitrogens is 3. The number of nitrogens with one attached hydrogen (secondary N) is 3. The fraction of sp³-hybridized carbons (Fsp3) is 0.300. The second-order valence-electron chi connectivity index (χ2n) is 7.16. The Bertz CT molecular complexity index is 1280. The highest BCUT2D eigenvalue weighted by molar-refractivity contribution is 7.93. The van der Waals surface area contributed by atoms with Crippen molar-refractivity contribution in [3.05, 3.63) is 63.8 Å². The van der Waals surface area contributed by atoms with Crippen molar-refractivity contribution in [1.82, 2.24) is 20.3 Å². The lowest BCUT2D eigenvalue weighted by molar-refractivity contribution is 0.0950. The lowest BCUT2D eigenvalue weighted by Crippen LogP contribution is -2.24. The molecule has 1 aromatic carbocycles. The molecule has 30 heavy (non-hydrogen) atoms. The number of benzene rings is 1. The van der Waals surface area contributed by atoms with Crippen molar-refractivity contribution in [2.75, 3.05) is 4.72 Å². The Balaban J connectivity index is 1.46. The molecule has 0 radical (unpaired) electrons. The van der Waals surface area contributed by atoms with Gasteiger partial charge in [0.15, 0.2) is 0 Å². The average molecular weight is 427 g/mol. The molecule has 0 saturated heterocycles. The molecule has 4 rings (SSSR count). The van der Waals surface area contributed by atoms with E-state index in [1.165, 1.54) is 6.20 Å². The minimum atomic E-state index is -3.36. The number of pyridine rings is 1. The standard InChI is InChI=1S/C20H21N5O4S/c1-2-16-20(27)24-17-6-3-12(9-18(17)23-16)19(26)22-11-14-10-13(7-8-21-14)25-30(28,29)15-4-5-15/h3,6-10,15H,2,4-5,11H2,1H3,(H,21,25)(H,22,26)(H,24,27). The Morgan fingerprint density at radius 2 is 2.03 bits per heavy atom. The molecular weight excluding hydrogens is 406 g/mol. The Kier molecular flexibility index (Phi) is 5.25. The van der Waals surface area contributed by atoms with E-state index in [1.54, 1.807) is 30.3 Å². The van der Waals surface area contributed by atoms with E-state index in [4.69, 9.17) is 0 Å². The number of hydrogen-bond acceptors (Lipinski definition) is 6. The molecule has 1 amide bonds. The van der Waals surface area contributed by atoms with Gasteiger partial charge in [-0.3, -0.25) is 19.3 Å². The van der Waals surface area contributed by atoms with Crippen molar-refractivity contribution in [2.24, 2.45) is 0 Å². The van der Waals surface area contributed by atoms with E-state index in [0.29, 0.717) is 52.9 Å². The van der Waals surface area contributed by atoms with Crippen LogP contribution < -0.4 is 15.6 Å². The van der Waals surface area contributed by atoms with Crippen LogP contribution in [-0.2, 0) is 23.0 Å². The summed E-state index contributed by atoms with van der Waals surface area (Å²) >= 11 is 0. The molecule has 0 aliphatic heterocycles. The first-order valence-corrected chi connectivity index (χ1v) is 11.2. The van der Waals surface area contributed by atoms with Gasteiger partial charge in [-0.05, 0) is 49.6 Å². The number of sulfonamides is 1. The zero-order chi connectivity index (χ0) is 21.3. The number of anilines is 1. The molecule has 9 nitrogen and oxygen atoms in total. The minimum Gasteiger partial charge on any atom is -0.346 e. The highest BCUT2D eigenvalue weighted by atomic mass is 32.2. The maximum absolute atomic E-state index is 12.5. The van der Waals surface area contributed by atoms with Crippen molar-refractivity contribution in [3.63, 3.8) is 0 Å². The monoisotopic (exact) mass is 427 g/mol. The van der Waals surface area contributed by atoms with Gasteiger partial charge in [0.05, 0.1) is 34.2 Å². The van der Waals surface area contributed by atoms with E-state index in [1.807, 2.05) is 6.92 Å². The quantitative estimate of drug-likeness (QED) is 0.526. The molecule has 0 atom stereocenters. The number of carbonyl (C=O) groups is 1. The van der Waals surface area contributed by atoms with Crippen LogP contribution in [0.1, 0.15) is 41.5 Å². The molecule has 3 aromatic rings. The molecule has 3 N–H and O–H groups in total. The summed E-state index contributed by atoms with van der Waals surface area (Å²) in [6, 6.07) is 8.04. The molecule has 0 unspecified atom stereocenters. The molecule has 156 valence electrons. The number of fused-ring (bicyclic) bond motifs is 1. The molecule has 10 heteroatoms. The molecule has 1 aliphatic rings. The zero-order valence-electron chi connectivity index (χ0n) is 16.3. The fourth-order valence-corrected chi connectivity index (χ4v) is 4.42. The first-order chi connectivity index (χ1) is 14.4. The molecule has 0 bridgehead atoms. The number of nitrogens with zero attached hydrogens (tertiary/aromatic N) is 2. The van der Waals surface area contributed by atoms with E-state index < -0.39 is 10.0 Å². The fourth-order valence-electron chi connectivity index (χ4n) is 3.04. The van der Waals surface area contributed by atoms with Gasteiger partial charge < -0.3 is 10.3 Å². The Morgan fingerprint density at radius 1 is 1.23 bits per heavy atom. The van der Waals surface area contributed by atoms with Crippen molar-refractivity contribution in [1.29, 1.82) is 0 Å². The van der Waals surface area contributed by atoms with Gasteiger partial charge in [0.2, 0.25) is 10.0 Å². The number of aryl methyl sites for hydroxylation is 1. The molecule has 0 spiro atoms. The van der Waals surface area contributed by atoms with Gasteiger partial charge in [-0.1, -0.05) is 6.92 Å². The second-order valence-corrected chi connectivity index (χ2v) is 9.12. The summed E-state index contributed by atoms with van der Waals surface area (Å²) in [6.07, 6.45) is 3.35. The normalized spacial score (nSPS) is 13.9. The van der Waals surface area contributed by atoms with E-state index in [0.717, 1.165) is 0 Å². The highest BCUT2D eigenvalue weighted by Crippen LogP contribution is 2.29.